The number of nitrogens with zero attached hydrogens (tertiary/aromatic N) is 2. The van der Waals surface area contributed by atoms with Gasteiger partial charge < -0.3 is 5.32 Å². The van der Waals surface area contributed by atoms with Crippen LogP contribution in [-0.4, -0.2) is 11.5 Å². The van der Waals surface area contributed by atoms with Crippen molar-refractivity contribution in [2.45, 2.75) is 19.3 Å². The van der Waals surface area contributed by atoms with Crippen LogP contribution in [0.1, 0.15) is 19.3 Å². The van der Waals surface area contributed by atoms with E-state index in [1.165, 1.54) is 17.5 Å². The summed E-state index contributed by atoms with van der Waals surface area (Å²) in [5.74, 6) is 0. The molecule has 17 heavy (non-hydrogen) atoms. The lowest BCUT2D eigenvalue weighted by molar-refractivity contribution is 0.557. The van der Waals surface area contributed by atoms with Crippen LogP contribution in [0.15, 0.2) is 23.7 Å². The number of nitrogens with one attached hydrogen (secondary N) is 1. The van der Waals surface area contributed by atoms with E-state index in [2.05, 4.69) is 28.5 Å². The van der Waals surface area contributed by atoms with Crippen LogP contribution in [0, 0.1) is 16.7 Å². The normalized spacial score (nSPS) is 16.6. The third-order valence-electron chi connectivity index (χ3n) is 3.41. The average Bonchev–Trinajstić information content (AvgIpc) is 2.95. The monoisotopic (exact) mass is 243 g/mol. The van der Waals surface area contributed by atoms with Crippen LogP contribution in [0.25, 0.3) is 10.2 Å². The second-order valence-electron chi connectivity index (χ2n) is 4.72. The quantitative estimate of drug-likeness (QED) is 0.895. The zero-order valence-corrected chi connectivity index (χ0v) is 10.3. The Labute approximate surface area is 104 Å². The first kappa shape index (κ1) is 10.5. The molecule has 0 spiro atoms. The molecule has 0 amide bonds. The molecule has 1 aliphatic carbocycles. The van der Waals surface area contributed by atoms with Gasteiger partial charge in [0.15, 0.2) is 0 Å². The number of fused-ring (bicyclic) bond motifs is 1. The highest BCUT2D eigenvalue weighted by Gasteiger charge is 2.42. The molecule has 0 aliphatic heterocycles. The zero-order valence-electron chi connectivity index (χ0n) is 9.44. The van der Waals surface area contributed by atoms with Gasteiger partial charge in [-0.25, -0.2) is 4.98 Å². The lowest BCUT2D eigenvalue weighted by Crippen LogP contribution is -2.14. The van der Waals surface area contributed by atoms with E-state index in [4.69, 9.17) is 5.26 Å². The summed E-state index contributed by atoms with van der Waals surface area (Å²) in [6, 6.07) is 8.52. The highest BCUT2D eigenvalue weighted by molar-refractivity contribution is 7.16. The first-order valence-electron chi connectivity index (χ1n) is 5.75. The van der Waals surface area contributed by atoms with Gasteiger partial charge in [-0.05, 0) is 31.0 Å². The maximum absolute atomic E-state index is 8.77. The Morgan fingerprint density at radius 3 is 3.12 bits per heavy atom. The lowest BCUT2D eigenvalue weighted by Gasteiger charge is -2.13. The molecule has 0 radical (unpaired) electrons. The number of hydrogen-bond donors (Lipinski definition) is 1. The minimum Gasteiger partial charge on any atom is -0.384 e. The Balaban J connectivity index is 1.71. The Bertz CT molecular complexity index is 578. The number of benzene rings is 1. The van der Waals surface area contributed by atoms with Crippen molar-refractivity contribution in [3.63, 3.8) is 0 Å². The van der Waals surface area contributed by atoms with Gasteiger partial charge in [0.2, 0.25) is 0 Å². The number of hydrogen-bond acceptors (Lipinski definition) is 4. The Hall–Kier alpha value is -1.60. The molecule has 2 aromatic rings. The number of aromatic nitrogens is 1. The SMILES string of the molecule is N#CCC1(CNc2ccc3ncsc3c2)CC1. The summed E-state index contributed by atoms with van der Waals surface area (Å²) in [6.45, 7) is 0.908. The molecular weight excluding hydrogens is 230 g/mol. The van der Waals surface area contributed by atoms with Gasteiger partial charge in [0, 0.05) is 24.1 Å². The smallest absolute Gasteiger partial charge is 0.0813 e. The molecule has 1 heterocycles. The van der Waals surface area contributed by atoms with Gasteiger partial charge in [-0.3, -0.25) is 0 Å². The first-order chi connectivity index (χ1) is 8.31. The van der Waals surface area contributed by atoms with Crippen LogP contribution in [0.3, 0.4) is 0 Å². The predicted molar refractivity (Wildman–Crippen MR) is 70.0 cm³/mol. The van der Waals surface area contributed by atoms with E-state index in [1.54, 1.807) is 11.3 Å². The van der Waals surface area contributed by atoms with Crippen molar-refractivity contribution in [2.75, 3.05) is 11.9 Å². The third-order valence-corrected chi connectivity index (χ3v) is 4.20. The van der Waals surface area contributed by atoms with Crippen molar-refractivity contribution < 1.29 is 0 Å². The zero-order chi connectivity index (χ0) is 11.7. The van der Waals surface area contributed by atoms with Gasteiger partial charge in [0.05, 0.1) is 21.8 Å². The van der Waals surface area contributed by atoms with Crippen molar-refractivity contribution in [2.24, 2.45) is 5.41 Å². The molecule has 1 aromatic carbocycles. The molecule has 1 N–H and O–H groups in total. The van der Waals surface area contributed by atoms with Gasteiger partial charge in [0.1, 0.15) is 0 Å². The Morgan fingerprint density at radius 2 is 2.35 bits per heavy atom. The van der Waals surface area contributed by atoms with Crippen LogP contribution in [-0.2, 0) is 0 Å². The average molecular weight is 243 g/mol. The molecule has 4 heteroatoms. The largest absolute Gasteiger partial charge is 0.384 e. The van der Waals surface area contributed by atoms with Crippen molar-refractivity contribution >= 4 is 27.2 Å². The maximum Gasteiger partial charge on any atom is 0.0813 e. The molecule has 0 saturated heterocycles. The summed E-state index contributed by atoms with van der Waals surface area (Å²) >= 11 is 1.66. The van der Waals surface area contributed by atoms with E-state index in [9.17, 15) is 0 Å². The summed E-state index contributed by atoms with van der Waals surface area (Å²) < 4.78 is 1.21. The second-order valence-corrected chi connectivity index (χ2v) is 5.61. The summed E-state index contributed by atoms with van der Waals surface area (Å²) in [5, 5.41) is 12.2. The van der Waals surface area contributed by atoms with E-state index in [1.807, 2.05) is 11.6 Å². The van der Waals surface area contributed by atoms with Crippen molar-refractivity contribution in [1.82, 2.24) is 4.98 Å². The molecule has 1 saturated carbocycles. The third kappa shape index (κ3) is 2.11. The Morgan fingerprint density at radius 1 is 1.47 bits per heavy atom. The summed E-state index contributed by atoms with van der Waals surface area (Å²) in [6.07, 6.45) is 3.02. The number of thiazole rings is 1. The summed E-state index contributed by atoms with van der Waals surface area (Å²) in [7, 11) is 0. The van der Waals surface area contributed by atoms with E-state index in [0.29, 0.717) is 6.42 Å². The van der Waals surface area contributed by atoms with E-state index in [-0.39, 0.29) is 5.41 Å². The molecule has 1 aliphatic rings. The fourth-order valence-electron chi connectivity index (χ4n) is 2.02. The minimum absolute atomic E-state index is 0.247. The van der Waals surface area contributed by atoms with Gasteiger partial charge in [-0.2, -0.15) is 5.26 Å². The van der Waals surface area contributed by atoms with Crippen molar-refractivity contribution in [3.8, 4) is 6.07 Å². The highest BCUT2D eigenvalue weighted by atomic mass is 32.1. The topological polar surface area (TPSA) is 48.7 Å². The molecule has 0 unspecified atom stereocenters. The van der Waals surface area contributed by atoms with E-state index < -0.39 is 0 Å². The summed E-state index contributed by atoms with van der Waals surface area (Å²) in [4.78, 5) is 4.26. The second kappa shape index (κ2) is 4.01. The van der Waals surface area contributed by atoms with Crippen molar-refractivity contribution in [1.29, 1.82) is 5.26 Å². The van der Waals surface area contributed by atoms with Crippen molar-refractivity contribution in [3.05, 3.63) is 23.7 Å². The standard InChI is InChI=1S/C13H13N3S/c14-6-5-13(3-4-13)8-15-10-1-2-11-12(7-10)17-9-16-11/h1-2,7,9,15H,3-5,8H2. The molecule has 3 rings (SSSR count). The van der Waals surface area contributed by atoms with Crippen LogP contribution in [0.2, 0.25) is 0 Å². The van der Waals surface area contributed by atoms with E-state index in [0.717, 1.165) is 17.7 Å². The van der Waals surface area contributed by atoms with E-state index >= 15 is 0 Å². The number of rotatable bonds is 4. The number of anilines is 1. The number of nitriles is 1. The molecule has 0 atom stereocenters. The van der Waals surface area contributed by atoms with Gasteiger partial charge in [-0.15, -0.1) is 11.3 Å². The lowest BCUT2D eigenvalue weighted by atomic mass is 10.0. The van der Waals surface area contributed by atoms with Crippen LogP contribution < -0.4 is 5.32 Å². The van der Waals surface area contributed by atoms with Crippen LogP contribution in [0.4, 0.5) is 5.69 Å². The molecule has 1 aromatic heterocycles. The van der Waals surface area contributed by atoms with Gasteiger partial charge >= 0.3 is 0 Å². The Kier molecular flexibility index (Phi) is 2.49. The van der Waals surface area contributed by atoms with Gasteiger partial charge in [0.25, 0.3) is 0 Å². The molecule has 3 nitrogen and oxygen atoms in total. The highest BCUT2D eigenvalue weighted by Crippen LogP contribution is 2.48. The molecule has 86 valence electrons. The fourth-order valence-corrected chi connectivity index (χ4v) is 2.73. The maximum atomic E-state index is 8.77. The minimum atomic E-state index is 0.247. The van der Waals surface area contributed by atoms with Crippen LogP contribution >= 0.6 is 11.3 Å². The predicted octanol–water partition coefficient (Wildman–Crippen LogP) is 3.40. The first-order valence-corrected chi connectivity index (χ1v) is 6.63. The summed E-state index contributed by atoms with van der Waals surface area (Å²) in [5.41, 5.74) is 4.30. The molecular formula is C13H13N3S. The van der Waals surface area contributed by atoms with Crippen LogP contribution in [0.5, 0.6) is 0 Å². The van der Waals surface area contributed by atoms with Gasteiger partial charge in [-0.1, -0.05) is 0 Å². The molecule has 1 fully saturated rings. The molecule has 0 bridgehead atoms. The fraction of sp³-hybridized carbons (Fsp3) is 0.385.